The summed E-state index contributed by atoms with van der Waals surface area (Å²) in [6.45, 7) is 12.1. The first kappa shape index (κ1) is 25.6. The number of carboxylic acid groups (broad SMARTS) is 1. The number of aryl methyl sites for hydroxylation is 4. The van der Waals surface area contributed by atoms with Crippen molar-refractivity contribution in [1.82, 2.24) is 19.9 Å². The van der Waals surface area contributed by atoms with Gasteiger partial charge in [0.05, 0.1) is 11.9 Å². The second-order valence-electron chi connectivity index (χ2n) is 10.4. The lowest BCUT2D eigenvalue weighted by atomic mass is 9.83. The Balaban J connectivity index is 1.49. The predicted molar refractivity (Wildman–Crippen MR) is 148 cm³/mol. The number of carbonyl (C=O) groups is 2. The van der Waals surface area contributed by atoms with E-state index in [0.717, 1.165) is 62.9 Å². The van der Waals surface area contributed by atoms with Gasteiger partial charge in [-0.15, -0.1) is 5.10 Å². The number of carboxylic acids is 1. The second kappa shape index (κ2) is 10.0. The van der Waals surface area contributed by atoms with Crippen LogP contribution < -0.4 is 0 Å². The van der Waals surface area contributed by atoms with E-state index in [0.29, 0.717) is 13.1 Å². The lowest BCUT2D eigenvalue weighted by molar-refractivity contribution is -0.137. The molecule has 196 valence electrons. The molecule has 0 radical (unpaired) electrons. The molecule has 1 aromatic heterocycles. The van der Waals surface area contributed by atoms with Crippen molar-refractivity contribution >= 4 is 22.9 Å². The maximum atomic E-state index is 13.4. The first-order valence-corrected chi connectivity index (χ1v) is 13.2. The molecule has 1 N–H and O–H groups in total. The molecular formula is C31H34N4O3. The van der Waals surface area contributed by atoms with E-state index in [-0.39, 0.29) is 18.2 Å². The number of hydrogen-bond acceptors (Lipinski definition) is 4. The number of hydrogen-bond donors (Lipinski definition) is 1. The molecule has 3 aromatic carbocycles. The number of rotatable bonds is 6. The lowest BCUT2D eigenvalue weighted by Crippen LogP contribution is -2.36. The number of aliphatic carboxylic acids is 1. The average Bonchev–Trinajstić information content (AvgIpc) is 3.33. The van der Waals surface area contributed by atoms with Crippen LogP contribution in [0.25, 0.3) is 11.0 Å². The molecule has 7 heteroatoms. The molecular weight excluding hydrogens is 476 g/mol. The zero-order chi connectivity index (χ0) is 27.1. The summed E-state index contributed by atoms with van der Waals surface area (Å²) in [7, 11) is 0. The molecule has 38 heavy (non-hydrogen) atoms. The zero-order valence-corrected chi connectivity index (χ0v) is 22.7. The number of fused-ring (bicyclic) bond motifs is 2. The summed E-state index contributed by atoms with van der Waals surface area (Å²) >= 11 is 0. The largest absolute Gasteiger partial charge is 0.481 e. The van der Waals surface area contributed by atoms with Crippen molar-refractivity contribution in [3.8, 4) is 0 Å². The summed E-state index contributed by atoms with van der Waals surface area (Å²) in [5.41, 5.74) is 11.0. The van der Waals surface area contributed by atoms with Gasteiger partial charge >= 0.3 is 5.97 Å². The van der Waals surface area contributed by atoms with Gasteiger partial charge in [-0.05, 0) is 104 Å². The van der Waals surface area contributed by atoms with Crippen LogP contribution in [0.5, 0.6) is 0 Å². The van der Waals surface area contributed by atoms with Crippen LogP contribution in [-0.2, 0) is 24.3 Å². The van der Waals surface area contributed by atoms with E-state index in [1.807, 2.05) is 67.6 Å². The Morgan fingerprint density at radius 1 is 0.974 bits per heavy atom. The minimum absolute atomic E-state index is 0.0301. The summed E-state index contributed by atoms with van der Waals surface area (Å²) in [4.78, 5) is 27.3. The molecule has 0 spiro atoms. The van der Waals surface area contributed by atoms with Gasteiger partial charge in [0.15, 0.2) is 0 Å². The van der Waals surface area contributed by atoms with E-state index in [1.165, 1.54) is 11.1 Å². The van der Waals surface area contributed by atoms with E-state index in [2.05, 4.69) is 29.4 Å². The van der Waals surface area contributed by atoms with E-state index in [9.17, 15) is 14.7 Å². The van der Waals surface area contributed by atoms with Crippen molar-refractivity contribution in [2.45, 2.75) is 66.5 Å². The van der Waals surface area contributed by atoms with Gasteiger partial charge in [0, 0.05) is 31.1 Å². The quantitative estimate of drug-likeness (QED) is 0.371. The van der Waals surface area contributed by atoms with Crippen LogP contribution >= 0.6 is 0 Å². The van der Waals surface area contributed by atoms with Crippen LogP contribution in [0.4, 0.5) is 0 Å². The highest BCUT2D eigenvalue weighted by Crippen LogP contribution is 2.35. The van der Waals surface area contributed by atoms with Gasteiger partial charge in [-0.3, -0.25) is 9.59 Å². The monoisotopic (exact) mass is 510 g/mol. The van der Waals surface area contributed by atoms with Crippen molar-refractivity contribution < 1.29 is 14.7 Å². The summed E-state index contributed by atoms with van der Waals surface area (Å²) in [5, 5.41) is 18.4. The van der Waals surface area contributed by atoms with Gasteiger partial charge in [-0.1, -0.05) is 29.5 Å². The fourth-order valence-corrected chi connectivity index (χ4v) is 5.68. The van der Waals surface area contributed by atoms with Gasteiger partial charge in [-0.25, -0.2) is 4.68 Å². The molecule has 0 fully saturated rings. The summed E-state index contributed by atoms with van der Waals surface area (Å²) in [6.07, 6.45) is 0.748. The van der Waals surface area contributed by atoms with Crippen LogP contribution in [0.1, 0.15) is 74.1 Å². The molecule has 1 aliphatic heterocycles. The third kappa shape index (κ3) is 4.57. The maximum absolute atomic E-state index is 13.4. The summed E-state index contributed by atoms with van der Waals surface area (Å²) in [6, 6.07) is 14.2. The van der Waals surface area contributed by atoms with Crippen LogP contribution in [0.2, 0.25) is 0 Å². The Morgan fingerprint density at radius 2 is 1.71 bits per heavy atom. The van der Waals surface area contributed by atoms with Crippen LogP contribution in [0.15, 0.2) is 42.5 Å². The predicted octanol–water partition coefficient (Wildman–Crippen LogP) is 5.49. The first-order valence-electron chi connectivity index (χ1n) is 13.2. The van der Waals surface area contributed by atoms with Crippen LogP contribution in [0, 0.1) is 27.7 Å². The van der Waals surface area contributed by atoms with Crippen molar-refractivity contribution in [3.05, 3.63) is 92.5 Å². The molecule has 0 bridgehead atoms. The van der Waals surface area contributed by atoms with Gasteiger partial charge < -0.3 is 10.0 Å². The molecule has 0 unspecified atom stereocenters. The van der Waals surface area contributed by atoms with Crippen molar-refractivity contribution in [2.24, 2.45) is 0 Å². The number of benzene rings is 3. The van der Waals surface area contributed by atoms with Gasteiger partial charge in [0.1, 0.15) is 5.52 Å². The second-order valence-corrected chi connectivity index (χ2v) is 10.4. The molecule has 0 saturated carbocycles. The topological polar surface area (TPSA) is 88.3 Å². The molecule has 1 aliphatic rings. The smallest absolute Gasteiger partial charge is 0.304 e. The summed E-state index contributed by atoms with van der Waals surface area (Å²) < 4.78 is 1.85. The van der Waals surface area contributed by atoms with E-state index in [1.54, 1.807) is 0 Å². The average molecular weight is 511 g/mol. The third-order valence-electron chi connectivity index (χ3n) is 8.14. The Morgan fingerprint density at radius 3 is 2.39 bits per heavy atom. The first-order chi connectivity index (χ1) is 18.2. The van der Waals surface area contributed by atoms with E-state index >= 15 is 0 Å². The van der Waals surface area contributed by atoms with Gasteiger partial charge in [0.2, 0.25) is 0 Å². The van der Waals surface area contributed by atoms with Gasteiger partial charge in [0.25, 0.3) is 5.91 Å². The van der Waals surface area contributed by atoms with E-state index < -0.39 is 5.97 Å². The van der Waals surface area contributed by atoms with Crippen molar-refractivity contribution in [3.63, 3.8) is 0 Å². The van der Waals surface area contributed by atoms with E-state index in [4.69, 9.17) is 0 Å². The molecule has 0 aliphatic carbocycles. The summed E-state index contributed by atoms with van der Waals surface area (Å²) in [5.74, 6) is -1.15. The zero-order valence-electron chi connectivity index (χ0n) is 22.7. The molecule has 1 amide bonds. The minimum Gasteiger partial charge on any atom is -0.481 e. The highest BCUT2D eigenvalue weighted by Gasteiger charge is 2.26. The SMILES string of the molecule is CCn1nnc2c(C)c([C@@H](CC(=O)O)c3ccc4c(c3)CN(C(=O)c3cc(C)c(C)c(C)c3)CC4)ccc21. The number of aromatic nitrogens is 3. The Labute approximate surface area is 223 Å². The number of amides is 1. The molecule has 2 heterocycles. The highest BCUT2D eigenvalue weighted by molar-refractivity contribution is 5.95. The molecule has 4 aromatic rings. The number of carbonyl (C=O) groups excluding carboxylic acids is 1. The third-order valence-corrected chi connectivity index (χ3v) is 8.14. The van der Waals surface area contributed by atoms with Crippen LogP contribution in [0.3, 0.4) is 0 Å². The fraction of sp³-hybridized carbons (Fsp3) is 0.355. The lowest BCUT2D eigenvalue weighted by Gasteiger charge is -2.30. The normalized spacial score (nSPS) is 14.0. The molecule has 0 saturated heterocycles. The minimum atomic E-state index is -0.855. The molecule has 5 rings (SSSR count). The van der Waals surface area contributed by atoms with Crippen molar-refractivity contribution in [1.29, 1.82) is 0 Å². The number of nitrogens with zero attached hydrogens (tertiary/aromatic N) is 4. The Hall–Kier alpha value is -4.00. The van der Waals surface area contributed by atoms with Crippen LogP contribution in [-0.4, -0.2) is 43.4 Å². The Bertz CT molecular complexity index is 1550. The standard InChI is InChI=1S/C31H34N4O3/c1-6-35-28-10-9-26(21(5)30(28)32-33-35)27(16-29(36)37)23-8-7-22-11-12-34(17-25(22)15-23)31(38)24-13-18(2)20(4)19(3)14-24/h7-10,13-15,27H,6,11-12,16-17H2,1-5H3,(H,36,37)/t27-/m0/s1. The van der Waals surface area contributed by atoms with Gasteiger partial charge in [-0.2, -0.15) is 0 Å². The highest BCUT2D eigenvalue weighted by atomic mass is 16.4. The molecule has 1 atom stereocenters. The Kier molecular flexibility index (Phi) is 6.78. The maximum Gasteiger partial charge on any atom is 0.304 e. The fourth-order valence-electron chi connectivity index (χ4n) is 5.68. The molecule has 7 nitrogen and oxygen atoms in total. The van der Waals surface area contributed by atoms with Crippen molar-refractivity contribution in [2.75, 3.05) is 6.54 Å².